The van der Waals surface area contributed by atoms with Crippen LogP contribution in [0.4, 0.5) is 13.2 Å². The van der Waals surface area contributed by atoms with E-state index in [0.717, 1.165) is 6.07 Å². The summed E-state index contributed by atoms with van der Waals surface area (Å²) < 4.78 is 62.5. The van der Waals surface area contributed by atoms with Gasteiger partial charge in [0.05, 0.1) is 0 Å². The first-order valence-corrected chi connectivity index (χ1v) is 6.10. The number of hydrogen-bond donors (Lipinski definition) is 1. The molecule has 0 radical (unpaired) electrons. The molecule has 0 heterocycles. The van der Waals surface area contributed by atoms with Crippen molar-refractivity contribution < 1.29 is 26.3 Å². The van der Waals surface area contributed by atoms with Crippen LogP contribution in [0.5, 0.6) is 5.75 Å². The van der Waals surface area contributed by atoms with Crippen molar-refractivity contribution in [2.75, 3.05) is 0 Å². The first-order chi connectivity index (χ1) is 7.65. The average Bonchev–Trinajstić information content (AvgIpc) is 2.13. The molecule has 0 bridgehead atoms. The summed E-state index contributed by atoms with van der Waals surface area (Å²) in [5, 5.41) is 4.82. The summed E-state index contributed by atoms with van der Waals surface area (Å²) in [5.74, 6) is -0.759. The zero-order valence-electron chi connectivity index (χ0n) is 8.78. The number of nitrogens with two attached hydrogens (primary N) is 1. The van der Waals surface area contributed by atoms with Gasteiger partial charge in [-0.15, -0.1) is 13.2 Å². The highest BCUT2D eigenvalue weighted by Crippen LogP contribution is 2.32. The van der Waals surface area contributed by atoms with Crippen molar-refractivity contribution in [2.45, 2.75) is 24.6 Å². The second kappa shape index (κ2) is 4.53. The van der Waals surface area contributed by atoms with Crippen molar-refractivity contribution >= 4 is 10.0 Å². The van der Waals surface area contributed by atoms with E-state index < -0.39 is 27.0 Å². The summed E-state index contributed by atoms with van der Waals surface area (Å²) in [7, 11) is -4.26. The molecule has 8 heteroatoms. The van der Waals surface area contributed by atoms with Gasteiger partial charge in [-0.1, -0.05) is 19.1 Å². The molecule has 0 saturated carbocycles. The molecule has 0 atom stereocenters. The fourth-order valence-corrected chi connectivity index (χ4v) is 1.99. The van der Waals surface area contributed by atoms with E-state index in [-0.39, 0.29) is 12.0 Å². The summed E-state index contributed by atoms with van der Waals surface area (Å²) in [5.41, 5.74) is 0.119. The minimum atomic E-state index is -4.97. The Morgan fingerprint density at radius 3 is 2.35 bits per heavy atom. The van der Waals surface area contributed by atoms with Crippen LogP contribution >= 0.6 is 0 Å². The molecule has 0 saturated heterocycles. The van der Waals surface area contributed by atoms with E-state index in [1.165, 1.54) is 12.1 Å². The van der Waals surface area contributed by atoms with E-state index in [1.807, 2.05) is 0 Å². The number of sulfonamides is 1. The maximum atomic E-state index is 12.2. The molecule has 0 aliphatic carbocycles. The van der Waals surface area contributed by atoms with Crippen LogP contribution in [-0.4, -0.2) is 14.8 Å². The number of primary sulfonamides is 1. The summed E-state index contributed by atoms with van der Waals surface area (Å²) in [6.45, 7) is 1.57. The molecule has 0 aromatic heterocycles. The molecule has 2 N–H and O–H groups in total. The molecule has 0 aliphatic rings. The van der Waals surface area contributed by atoms with Gasteiger partial charge >= 0.3 is 6.36 Å². The molecule has 0 aliphatic heterocycles. The lowest BCUT2D eigenvalue weighted by Gasteiger charge is -2.15. The summed E-state index contributed by atoms with van der Waals surface area (Å²) in [6.07, 6.45) is -4.78. The van der Waals surface area contributed by atoms with Gasteiger partial charge in [-0.2, -0.15) is 0 Å². The summed E-state index contributed by atoms with van der Waals surface area (Å²) >= 11 is 0. The van der Waals surface area contributed by atoms with Crippen molar-refractivity contribution in [2.24, 2.45) is 5.14 Å². The first kappa shape index (κ1) is 13.8. The molecule has 17 heavy (non-hydrogen) atoms. The van der Waals surface area contributed by atoms with Gasteiger partial charge in [0.2, 0.25) is 10.0 Å². The minimum Gasteiger partial charge on any atom is -0.404 e. The molecule has 0 unspecified atom stereocenters. The fourth-order valence-electron chi connectivity index (χ4n) is 1.30. The first-order valence-electron chi connectivity index (χ1n) is 4.55. The molecule has 96 valence electrons. The highest BCUT2D eigenvalue weighted by Gasteiger charge is 2.34. The van der Waals surface area contributed by atoms with E-state index >= 15 is 0 Å². The highest BCUT2D eigenvalue weighted by molar-refractivity contribution is 7.89. The Morgan fingerprint density at radius 2 is 1.94 bits per heavy atom. The molecule has 1 rings (SSSR count). The van der Waals surface area contributed by atoms with E-state index in [4.69, 9.17) is 5.14 Å². The Kier molecular flexibility index (Phi) is 3.68. The van der Waals surface area contributed by atoms with Crippen LogP contribution in [0, 0.1) is 0 Å². The Balaban J connectivity index is 3.42. The maximum absolute atomic E-state index is 12.2. The lowest BCUT2D eigenvalue weighted by molar-refractivity contribution is -0.275. The van der Waals surface area contributed by atoms with Crippen LogP contribution in [0.25, 0.3) is 0 Å². The Bertz CT molecular complexity index is 511. The number of hydrogen-bond acceptors (Lipinski definition) is 3. The van der Waals surface area contributed by atoms with Crippen LogP contribution in [0.1, 0.15) is 12.5 Å². The zero-order valence-corrected chi connectivity index (χ0v) is 9.60. The minimum absolute atomic E-state index is 0.119. The standard InChI is InChI=1S/C9H10F3NO3S/c1-2-6-4-3-5-7(17(13,14)15)8(6)16-9(10,11)12/h3-5H,2H2,1H3,(H2,13,14,15). The third kappa shape index (κ3) is 3.60. The zero-order chi connectivity index (χ0) is 13.3. The van der Waals surface area contributed by atoms with Crippen molar-refractivity contribution in [3.8, 4) is 5.75 Å². The number of alkyl halides is 3. The summed E-state index contributed by atoms with van der Waals surface area (Å²) in [6, 6.07) is 3.62. The number of aryl methyl sites for hydroxylation is 1. The lowest BCUT2D eigenvalue weighted by Crippen LogP contribution is -2.22. The van der Waals surface area contributed by atoms with Crippen LogP contribution in [0.2, 0.25) is 0 Å². The molecule has 4 nitrogen and oxygen atoms in total. The predicted octanol–water partition coefficient (Wildman–Crippen LogP) is 1.79. The third-order valence-corrected chi connectivity index (χ3v) is 2.90. The normalized spacial score (nSPS) is 12.5. The molecule has 1 aromatic carbocycles. The van der Waals surface area contributed by atoms with E-state index in [1.54, 1.807) is 6.92 Å². The lowest BCUT2D eigenvalue weighted by atomic mass is 10.1. The van der Waals surface area contributed by atoms with Gasteiger partial charge in [0.1, 0.15) is 4.90 Å². The van der Waals surface area contributed by atoms with Gasteiger partial charge in [-0.25, -0.2) is 13.6 Å². The second-order valence-electron chi connectivity index (χ2n) is 3.19. The van der Waals surface area contributed by atoms with Gasteiger partial charge in [0, 0.05) is 0 Å². The maximum Gasteiger partial charge on any atom is 0.573 e. The molecule has 0 amide bonds. The largest absolute Gasteiger partial charge is 0.573 e. The van der Waals surface area contributed by atoms with Crippen molar-refractivity contribution in [3.63, 3.8) is 0 Å². The summed E-state index contributed by atoms with van der Waals surface area (Å²) in [4.78, 5) is -0.672. The Labute approximate surface area is 96.2 Å². The third-order valence-electron chi connectivity index (χ3n) is 1.97. The highest BCUT2D eigenvalue weighted by atomic mass is 32.2. The quantitative estimate of drug-likeness (QED) is 0.909. The van der Waals surface area contributed by atoms with Gasteiger partial charge < -0.3 is 4.74 Å². The van der Waals surface area contributed by atoms with Gasteiger partial charge in [-0.05, 0) is 18.1 Å². The van der Waals surface area contributed by atoms with Crippen LogP contribution in [0.15, 0.2) is 23.1 Å². The van der Waals surface area contributed by atoms with E-state index in [9.17, 15) is 21.6 Å². The molecule has 1 aromatic rings. The Morgan fingerprint density at radius 1 is 1.35 bits per heavy atom. The van der Waals surface area contributed by atoms with Gasteiger partial charge in [-0.3, -0.25) is 0 Å². The topological polar surface area (TPSA) is 69.4 Å². The van der Waals surface area contributed by atoms with Gasteiger partial charge in [0.15, 0.2) is 5.75 Å². The fraction of sp³-hybridized carbons (Fsp3) is 0.333. The molecular formula is C9H10F3NO3S. The molecular weight excluding hydrogens is 259 g/mol. The number of benzene rings is 1. The van der Waals surface area contributed by atoms with Crippen molar-refractivity contribution in [1.82, 2.24) is 0 Å². The van der Waals surface area contributed by atoms with Crippen LogP contribution in [0.3, 0.4) is 0 Å². The SMILES string of the molecule is CCc1cccc(S(N)(=O)=O)c1OC(F)(F)F. The van der Waals surface area contributed by atoms with Crippen LogP contribution < -0.4 is 9.88 Å². The number of rotatable bonds is 3. The predicted molar refractivity (Wildman–Crippen MR) is 53.9 cm³/mol. The number of ether oxygens (including phenoxy) is 1. The smallest absolute Gasteiger partial charge is 0.404 e. The monoisotopic (exact) mass is 269 g/mol. The molecule has 0 fully saturated rings. The van der Waals surface area contributed by atoms with E-state index in [0.29, 0.717) is 0 Å². The van der Waals surface area contributed by atoms with E-state index in [2.05, 4.69) is 4.74 Å². The second-order valence-corrected chi connectivity index (χ2v) is 4.72. The number of para-hydroxylation sites is 1. The van der Waals surface area contributed by atoms with Crippen molar-refractivity contribution in [1.29, 1.82) is 0 Å². The Hall–Kier alpha value is -1.28. The van der Waals surface area contributed by atoms with Crippen LogP contribution in [-0.2, 0) is 16.4 Å². The molecule has 0 spiro atoms. The average molecular weight is 269 g/mol. The van der Waals surface area contributed by atoms with Gasteiger partial charge in [0.25, 0.3) is 0 Å². The van der Waals surface area contributed by atoms with Crippen molar-refractivity contribution in [3.05, 3.63) is 23.8 Å². The number of halogens is 3.